The van der Waals surface area contributed by atoms with E-state index in [0.29, 0.717) is 22.4 Å². The van der Waals surface area contributed by atoms with E-state index in [2.05, 4.69) is 10.3 Å². The smallest absolute Gasteiger partial charge is 0.340 e. The number of benzene rings is 2. The summed E-state index contributed by atoms with van der Waals surface area (Å²) in [6.07, 6.45) is 1.38. The molecule has 9 nitrogen and oxygen atoms in total. The molecule has 176 valence electrons. The number of fused-ring (bicyclic) bond motifs is 2. The lowest BCUT2D eigenvalue weighted by Crippen LogP contribution is -2.49. The monoisotopic (exact) mass is 463 g/mol. The van der Waals surface area contributed by atoms with Crippen LogP contribution in [0.5, 0.6) is 11.5 Å². The molecular weight excluding hydrogens is 440 g/mol. The standard InChI is InChI=1S/C25H24N2O7/c1-13-16-9-21(32-2)22(33-3)11-20(16)34-25(31)17(13)10-23(28)27-19(24(29)30)8-14-12-26-18-7-5-4-6-15(14)18/h4-7,9,11-12,19,26H,8,10H2,1-3H3,(H,27,28)(H,29,30)/p-1/t19-/m0/s1. The first-order chi connectivity index (χ1) is 16.3. The van der Waals surface area contributed by atoms with Crippen LogP contribution >= 0.6 is 0 Å². The fourth-order valence-electron chi connectivity index (χ4n) is 4.04. The number of hydrogen-bond donors (Lipinski definition) is 2. The number of carboxylic acid groups (broad SMARTS) is 1. The number of nitrogens with one attached hydrogen (secondary N) is 2. The van der Waals surface area contributed by atoms with Crippen LogP contribution in [0.4, 0.5) is 0 Å². The van der Waals surface area contributed by atoms with Gasteiger partial charge in [0.1, 0.15) is 5.58 Å². The number of carbonyl (C=O) groups excluding carboxylic acids is 2. The number of ether oxygens (including phenoxy) is 2. The van der Waals surface area contributed by atoms with Crippen molar-refractivity contribution >= 4 is 33.7 Å². The summed E-state index contributed by atoms with van der Waals surface area (Å²) in [7, 11) is 2.96. The highest BCUT2D eigenvalue weighted by Gasteiger charge is 2.21. The van der Waals surface area contributed by atoms with Crippen LogP contribution in [0.1, 0.15) is 16.7 Å². The van der Waals surface area contributed by atoms with Crippen molar-refractivity contribution in [3.05, 3.63) is 69.7 Å². The summed E-state index contributed by atoms with van der Waals surface area (Å²) in [5.74, 6) is -1.21. The van der Waals surface area contributed by atoms with Gasteiger partial charge in [-0.15, -0.1) is 0 Å². The third-order valence-corrected chi connectivity index (χ3v) is 5.85. The molecule has 0 aliphatic carbocycles. The summed E-state index contributed by atoms with van der Waals surface area (Å²) in [5, 5.41) is 15.7. The Hall–Kier alpha value is -4.27. The summed E-state index contributed by atoms with van der Waals surface area (Å²) in [5.41, 5.74) is 1.85. The highest BCUT2D eigenvalue weighted by molar-refractivity contribution is 5.89. The number of para-hydroxylation sites is 1. The van der Waals surface area contributed by atoms with Gasteiger partial charge < -0.3 is 34.1 Å². The van der Waals surface area contributed by atoms with Gasteiger partial charge in [-0.3, -0.25) is 4.79 Å². The number of aliphatic carboxylic acids is 1. The minimum absolute atomic E-state index is 0.0282. The van der Waals surface area contributed by atoms with E-state index >= 15 is 0 Å². The lowest BCUT2D eigenvalue weighted by molar-refractivity contribution is -0.308. The second-order valence-corrected chi connectivity index (χ2v) is 7.88. The second kappa shape index (κ2) is 9.30. The molecule has 2 aromatic heterocycles. The first-order valence-electron chi connectivity index (χ1n) is 10.6. The van der Waals surface area contributed by atoms with Crippen molar-refractivity contribution in [2.45, 2.75) is 25.8 Å². The molecule has 9 heteroatoms. The predicted octanol–water partition coefficient (Wildman–Crippen LogP) is 1.62. The van der Waals surface area contributed by atoms with Crippen LogP contribution in [0, 0.1) is 6.92 Å². The number of H-pyrrole nitrogens is 1. The molecule has 0 fully saturated rings. The zero-order valence-electron chi connectivity index (χ0n) is 18.9. The lowest BCUT2D eigenvalue weighted by Gasteiger charge is -2.20. The van der Waals surface area contributed by atoms with E-state index in [1.54, 1.807) is 25.3 Å². The first-order valence-corrected chi connectivity index (χ1v) is 10.6. The molecule has 0 unspecified atom stereocenters. The number of carbonyl (C=O) groups is 2. The van der Waals surface area contributed by atoms with Crippen LogP contribution in [0.25, 0.3) is 21.9 Å². The third kappa shape index (κ3) is 4.32. The molecule has 0 spiro atoms. The molecule has 0 bridgehead atoms. The van der Waals surface area contributed by atoms with Crippen molar-refractivity contribution in [3.8, 4) is 11.5 Å². The van der Waals surface area contributed by atoms with Gasteiger partial charge in [0, 0.05) is 35.0 Å². The molecule has 1 amide bonds. The zero-order chi connectivity index (χ0) is 24.4. The average molecular weight is 463 g/mol. The van der Waals surface area contributed by atoms with Gasteiger partial charge in [0.2, 0.25) is 5.91 Å². The van der Waals surface area contributed by atoms with E-state index in [-0.39, 0.29) is 24.0 Å². The molecule has 0 aliphatic rings. The third-order valence-electron chi connectivity index (χ3n) is 5.85. The lowest BCUT2D eigenvalue weighted by atomic mass is 10.0. The Morgan fingerprint density at radius 3 is 2.53 bits per heavy atom. The molecule has 2 N–H and O–H groups in total. The van der Waals surface area contributed by atoms with Crippen LogP contribution in [-0.2, 0) is 22.4 Å². The molecule has 0 aliphatic heterocycles. The maximum absolute atomic E-state index is 12.7. The average Bonchev–Trinajstić information content (AvgIpc) is 3.23. The molecule has 0 radical (unpaired) electrons. The van der Waals surface area contributed by atoms with Gasteiger partial charge in [-0.2, -0.15) is 0 Å². The molecule has 0 saturated carbocycles. The number of aromatic amines is 1. The summed E-state index contributed by atoms with van der Waals surface area (Å²) in [4.78, 5) is 40.2. The topological polar surface area (TPSA) is 134 Å². The number of rotatable bonds is 8. The first kappa shape index (κ1) is 22.9. The molecular formula is C25H23N2O7-. The zero-order valence-corrected chi connectivity index (χ0v) is 18.9. The van der Waals surface area contributed by atoms with Gasteiger partial charge in [0.25, 0.3) is 0 Å². The van der Waals surface area contributed by atoms with Gasteiger partial charge in [-0.25, -0.2) is 4.79 Å². The Morgan fingerprint density at radius 1 is 1.12 bits per heavy atom. The number of aryl methyl sites for hydroxylation is 1. The molecule has 4 rings (SSSR count). The van der Waals surface area contributed by atoms with E-state index < -0.39 is 23.5 Å². The Kier molecular flexibility index (Phi) is 6.27. The summed E-state index contributed by atoms with van der Waals surface area (Å²) in [6, 6.07) is 9.38. The van der Waals surface area contributed by atoms with Gasteiger partial charge in [0.15, 0.2) is 11.5 Å². The molecule has 2 aromatic carbocycles. The van der Waals surface area contributed by atoms with Crippen LogP contribution < -0.4 is 25.5 Å². The summed E-state index contributed by atoms with van der Waals surface area (Å²) in [6.45, 7) is 1.69. The SMILES string of the molecule is COc1cc2oc(=O)c(CC(=O)N[C@@H](Cc3c[nH]c4ccccc34)C(=O)[O-])c(C)c2cc1OC. The van der Waals surface area contributed by atoms with Crippen LogP contribution in [-0.4, -0.2) is 37.1 Å². The highest BCUT2D eigenvalue weighted by atomic mass is 16.5. The van der Waals surface area contributed by atoms with E-state index in [0.717, 1.165) is 16.5 Å². The van der Waals surface area contributed by atoms with Crippen LogP contribution in [0.15, 0.2) is 51.8 Å². The molecule has 0 saturated heterocycles. The van der Waals surface area contributed by atoms with Gasteiger partial charge >= 0.3 is 5.63 Å². The maximum atomic E-state index is 12.7. The normalized spacial score (nSPS) is 12.0. The van der Waals surface area contributed by atoms with Crippen molar-refractivity contribution in [1.29, 1.82) is 0 Å². The number of aromatic nitrogens is 1. The molecule has 1 atom stereocenters. The van der Waals surface area contributed by atoms with Crippen molar-refractivity contribution in [1.82, 2.24) is 10.3 Å². The maximum Gasteiger partial charge on any atom is 0.340 e. The van der Waals surface area contributed by atoms with Crippen molar-refractivity contribution < 1.29 is 28.6 Å². The molecule has 4 aromatic rings. The molecule has 2 heterocycles. The minimum atomic E-state index is -1.42. The fourth-order valence-corrected chi connectivity index (χ4v) is 4.04. The fraction of sp³-hybridized carbons (Fsp3) is 0.240. The van der Waals surface area contributed by atoms with Gasteiger partial charge in [-0.1, -0.05) is 18.2 Å². The predicted molar refractivity (Wildman–Crippen MR) is 123 cm³/mol. The summed E-state index contributed by atoms with van der Waals surface area (Å²) < 4.78 is 15.9. The number of amides is 1. The summed E-state index contributed by atoms with van der Waals surface area (Å²) >= 11 is 0. The van der Waals surface area contributed by atoms with Crippen LogP contribution in [0.2, 0.25) is 0 Å². The van der Waals surface area contributed by atoms with Crippen molar-refractivity contribution in [2.75, 3.05) is 14.2 Å². The number of methoxy groups -OCH3 is 2. The van der Waals surface area contributed by atoms with E-state index in [4.69, 9.17) is 13.9 Å². The van der Waals surface area contributed by atoms with Crippen molar-refractivity contribution in [3.63, 3.8) is 0 Å². The van der Waals surface area contributed by atoms with Crippen molar-refractivity contribution in [2.24, 2.45) is 0 Å². The Bertz CT molecular complexity index is 1450. The number of carboxylic acids is 1. The Morgan fingerprint density at radius 2 is 1.82 bits per heavy atom. The highest BCUT2D eigenvalue weighted by Crippen LogP contribution is 2.33. The van der Waals surface area contributed by atoms with Gasteiger partial charge in [0.05, 0.1) is 38.2 Å². The van der Waals surface area contributed by atoms with Crippen LogP contribution in [0.3, 0.4) is 0 Å². The van der Waals surface area contributed by atoms with E-state index in [1.165, 1.54) is 14.2 Å². The van der Waals surface area contributed by atoms with Gasteiger partial charge in [-0.05, 0) is 30.2 Å². The second-order valence-electron chi connectivity index (χ2n) is 7.88. The van der Waals surface area contributed by atoms with E-state index in [9.17, 15) is 19.5 Å². The quantitative estimate of drug-likeness (QED) is 0.379. The Balaban J connectivity index is 1.59. The largest absolute Gasteiger partial charge is 0.548 e. The van der Waals surface area contributed by atoms with E-state index in [1.807, 2.05) is 24.3 Å². The molecule has 34 heavy (non-hydrogen) atoms. The minimum Gasteiger partial charge on any atom is -0.548 e. The Labute approximate surface area is 194 Å². The number of hydrogen-bond acceptors (Lipinski definition) is 7.